The molecule has 0 aromatic heterocycles. The number of nitrogens with one attached hydrogen (secondary N) is 2. The number of aromatic carboxylic acids is 1. The third kappa shape index (κ3) is 4.17. The zero-order valence-electron chi connectivity index (χ0n) is 11.9. The van der Waals surface area contributed by atoms with Crippen LogP contribution < -0.4 is 15.4 Å². The number of carboxylic acids is 1. The minimum atomic E-state index is -1.11. The van der Waals surface area contributed by atoms with Crippen molar-refractivity contribution in [1.29, 1.82) is 0 Å². The molecule has 7 heteroatoms. The van der Waals surface area contributed by atoms with Crippen molar-refractivity contribution in [2.45, 2.75) is 0 Å². The van der Waals surface area contributed by atoms with Crippen molar-refractivity contribution in [3.63, 3.8) is 0 Å². The third-order valence-electron chi connectivity index (χ3n) is 3.31. The predicted molar refractivity (Wildman–Crippen MR) is 77.9 cm³/mol. The number of methoxy groups -OCH3 is 1. The highest BCUT2D eigenvalue weighted by atomic mass is 16.5. The summed E-state index contributed by atoms with van der Waals surface area (Å²) in [5, 5.41) is 15.1. The topological polar surface area (TPSA) is 90.9 Å². The van der Waals surface area contributed by atoms with E-state index in [0.717, 1.165) is 26.2 Å². The summed E-state index contributed by atoms with van der Waals surface area (Å²) >= 11 is 0. The molecule has 0 radical (unpaired) electrons. The molecule has 0 unspecified atom stereocenters. The number of carboxylic acid groups (broad SMARTS) is 1. The van der Waals surface area contributed by atoms with E-state index in [2.05, 4.69) is 10.6 Å². The maximum atomic E-state index is 12.0. The number of rotatable bonds is 5. The predicted octanol–water partition coefficient (Wildman–Crippen LogP) is 0.237. The highest BCUT2D eigenvalue weighted by Gasteiger charge is 2.17. The summed E-state index contributed by atoms with van der Waals surface area (Å²) in [4.78, 5) is 25.3. The van der Waals surface area contributed by atoms with Crippen LogP contribution in [-0.2, 0) is 4.79 Å². The number of hydrogen-bond acceptors (Lipinski definition) is 5. The van der Waals surface area contributed by atoms with Crippen molar-refractivity contribution in [2.24, 2.45) is 0 Å². The average Bonchev–Trinajstić information content (AvgIpc) is 2.48. The number of hydrogen-bond donors (Lipinski definition) is 3. The molecule has 21 heavy (non-hydrogen) atoms. The van der Waals surface area contributed by atoms with Gasteiger partial charge in [-0.1, -0.05) is 0 Å². The van der Waals surface area contributed by atoms with Crippen molar-refractivity contribution in [2.75, 3.05) is 45.2 Å². The van der Waals surface area contributed by atoms with Crippen LogP contribution in [0.2, 0.25) is 0 Å². The molecule has 0 spiro atoms. The molecule has 1 aromatic rings. The smallest absolute Gasteiger partial charge is 0.337 e. The zero-order chi connectivity index (χ0) is 15.2. The first-order valence-corrected chi connectivity index (χ1v) is 6.74. The van der Waals surface area contributed by atoms with E-state index >= 15 is 0 Å². The van der Waals surface area contributed by atoms with E-state index in [1.807, 2.05) is 4.90 Å². The Morgan fingerprint density at radius 2 is 2.10 bits per heavy atom. The first-order valence-electron chi connectivity index (χ1n) is 6.74. The summed E-state index contributed by atoms with van der Waals surface area (Å²) in [6, 6.07) is 4.55. The average molecular weight is 293 g/mol. The monoisotopic (exact) mass is 293 g/mol. The van der Waals surface area contributed by atoms with E-state index in [1.165, 1.54) is 19.2 Å². The maximum absolute atomic E-state index is 12.0. The fraction of sp³-hybridized carbons (Fsp3) is 0.429. The van der Waals surface area contributed by atoms with Gasteiger partial charge in [0.2, 0.25) is 5.91 Å². The molecule has 1 aromatic carbocycles. The van der Waals surface area contributed by atoms with Crippen molar-refractivity contribution in [3.8, 4) is 5.75 Å². The lowest BCUT2D eigenvalue weighted by molar-refractivity contribution is -0.117. The molecule has 1 aliphatic rings. The standard InChI is InChI=1S/C14H19N3O4/c1-21-10-2-3-12(11(8-10)14(19)20)16-13(18)9-17-6-4-15-5-7-17/h2-3,8,15H,4-7,9H2,1H3,(H,16,18)(H,19,20). The summed E-state index contributed by atoms with van der Waals surface area (Å²) < 4.78 is 5.00. The summed E-state index contributed by atoms with van der Waals surface area (Å²) in [5.74, 6) is -0.886. The van der Waals surface area contributed by atoms with E-state index in [4.69, 9.17) is 4.74 Å². The van der Waals surface area contributed by atoms with Gasteiger partial charge in [0.1, 0.15) is 5.75 Å². The van der Waals surface area contributed by atoms with Crippen LogP contribution in [-0.4, -0.2) is 61.7 Å². The number of anilines is 1. The largest absolute Gasteiger partial charge is 0.497 e. The first kappa shape index (κ1) is 15.3. The number of piperazine rings is 1. The molecule has 2 rings (SSSR count). The molecular weight excluding hydrogens is 274 g/mol. The molecule has 7 nitrogen and oxygen atoms in total. The Balaban J connectivity index is 2.04. The summed E-state index contributed by atoms with van der Waals surface area (Å²) in [6.45, 7) is 3.59. The SMILES string of the molecule is COc1ccc(NC(=O)CN2CCNCC2)c(C(=O)O)c1. The van der Waals surface area contributed by atoms with Crippen LogP contribution in [0.25, 0.3) is 0 Å². The van der Waals surface area contributed by atoms with Gasteiger partial charge >= 0.3 is 5.97 Å². The lowest BCUT2D eigenvalue weighted by atomic mass is 10.1. The Bertz CT molecular complexity index is 527. The Morgan fingerprint density at radius 3 is 2.71 bits per heavy atom. The first-order chi connectivity index (χ1) is 10.1. The number of carbonyl (C=O) groups excluding carboxylic acids is 1. The van der Waals surface area contributed by atoms with E-state index < -0.39 is 5.97 Å². The van der Waals surface area contributed by atoms with Gasteiger partial charge in [-0.15, -0.1) is 0 Å². The van der Waals surface area contributed by atoms with E-state index in [0.29, 0.717) is 5.75 Å². The van der Waals surface area contributed by atoms with E-state index in [-0.39, 0.29) is 23.7 Å². The molecule has 0 atom stereocenters. The molecule has 0 bridgehead atoms. The van der Waals surface area contributed by atoms with Crippen molar-refractivity contribution >= 4 is 17.6 Å². The summed E-state index contributed by atoms with van der Waals surface area (Å²) in [5.41, 5.74) is 0.298. The maximum Gasteiger partial charge on any atom is 0.337 e. The van der Waals surface area contributed by atoms with Crippen LogP contribution in [0.4, 0.5) is 5.69 Å². The zero-order valence-corrected chi connectivity index (χ0v) is 11.9. The third-order valence-corrected chi connectivity index (χ3v) is 3.31. The Hall–Kier alpha value is -2.12. The van der Waals surface area contributed by atoms with Crippen molar-refractivity contribution < 1.29 is 19.4 Å². The fourth-order valence-corrected chi connectivity index (χ4v) is 2.20. The van der Waals surface area contributed by atoms with Gasteiger partial charge in [-0.25, -0.2) is 4.79 Å². The van der Waals surface area contributed by atoms with Crippen LogP contribution >= 0.6 is 0 Å². The van der Waals surface area contributed by atoms with Crippen molar-refractivity contribution in [1.82, 2.24) is 10.2 Å². The minimum Gasteiger partial charge on any atom is -0.497 e. The highest BCUT2D eigenvalue weighted by molar-refractivity contribution is 6.01. The molecule has 1 amide bonds. The van der Waals surface area contributed by atoms with Crippen LogP contribution in [0.1, 0.15) is 10.4 Å². The molecule has 1 heterocycles. The van der Waals surface area contributed by atoms with Gasteiger partial charge in [0.15, 0.2) is 0 Å². The molecule has 1 saturated heterocycles. The number of benzene rings is 1. The molecule has 1 fully saturated rings. The van der Waals surface area contributed by atoms with Crippen LogP contribution in [0.3, 0.4) is 0 Å². The lowest BCUT2D eigenvalue weighted by Gasteiger charge is -2.26. The van der Waals surface area contributed by atoms with Gasteiger partial charge < -0.3 is 20.5 Å². The summed E-state index contributed by atoms with van der Waals surface area (Å²) in [7, 11) is 1.46. The second kappa shape index (κ2) is 7.05. The van der Waals surface area contributed by atoms with Gasteiger partial charge in [-0.2, -0.15) is 0 Å². The molecular formula is C14H19N3O4. The molecule has 3 N–H and O–H groups in total. The highest BCUT2D eigenvalue weighted by Crippen LogP contribution is 2.22. The number of ether oxygens (including phenoxy) is 1. The van der Waals surface area contributed by atoms with Crippen LogP contribution in [0.15, 0.2) is 18.2 Å². The second-order valence-corrected chi connectivity index (χ2v) is 4.79. The van der Waals surface area contributed by atoms with Crippen LogP contribution in [0, 0.1) is 0 Å². The van der Waals surface area contributed by atoms with E-state index in [9.17, 15) is 14.7 Å². The number of amides is 1. The van der Waals surface area contributed by atoms with E-state index in [1.54, 1.807) is 6.07 Å². The van der Waals surface area contributed by atoms with Crippen molar-refractivity contribution in [3.05, 3.63) is 23.8 Å². The van der Waals surface area contributed by atoms with Crippen LogP contribution in [0.5, 0.6) is 5.75 Å². The van der Waals surface area contributed by atoms with Gasteiger partial charge in [0.25, 0.3) is 0 Å². The van der Waals surface area contributed by atoms with Gasteiger partial charge in [0.05, 0.1) is 24.9 Å². The second-order valence-electron chi connectivity index (χ2n) is 4.79. The van der Waals surface area contributed by atoms with Gasteiger partial charge in [-0.3, -0.25) is 9.69 Å². The minimum absolute atomic E-state index is 0.0167. The fourth-order valence-electron chi connectivity index (χ4n) is 2.20. The molecule has 0 aliphatic carbocycles. The molecule has 1 aliphatic heterocycles. The van der Waals surface area contributed by atoms with Gasteiger partial charge in [0, 0.05) is 26.2 Å². The lowest BCUT2D eigenvalue weighted by Crippen LogP contribution is -2.46. The Kier molecular flexibility index (Phi) is 5.13. The number of carbonyl (C=O) groups is 2. The molecule has 0 saturated carbocycles. The Morgan fingerprint density at radius 1 is 1.38 bits per heavy atom. The quantitative estimate of drug-likeness (QED) is 0.720. The normalized spacial score (nSPS) is 15.5. The summed E-state index contributed by atoms with van der Waals surface area (Å²) in [6.07, 6.45) is 0. The van der Waals surface area contributed by atoms with Gasteiger partial charge in [-0.05, 0) is 18.2 Å². The number of nitrogens with zero attached hydrogens (tertiary/aromatic N) is 1. The Labute approximate surface area is 122 Å². The molecule has 114 valence electrons.